The number of nitrogen functional groups attached to an aromatic ring is 1. The van der Waals surface area contributed by atoms with E-state index in [1.165, 1.54) is 24.2 Å². The maximum Gasteiger partial charge on any atom is 0.113 e. The lowest BCUT2D eigenvalue weighted by molar-refractivity contribution is 0.243. The van der Waals surface area contributed by atoms with Gasteiger partial charge in [0, 0.05) is 24.8 Å². The number of nitrogens with zero attached hydrogens (tertiary/aromatic N) is 2. The summed E-state index contributed by atoms with van der Waals surface area (Å²) in [5.41, 5.74) is 8.82. The number of nitrogens with two attached hydrogens (primary N) is 1. The maximum absolute atomic E-state index is 9.20. The largest absolute Gasteiger partial charge is 0.399 e. The fourth-order valence-corrected chi connectivity index (χ4v) is 2.88. The topological polar surface area (TPSA) is 64.1 Å². The van der Waals surface area contributed by atoms with Crippen molar-refractivity contribution in [1.29, 1.82) is 0 Å². The van der Waals surface area contributed by atoms with Gasteiger partial charge < -0.3 is 15.4 Å². The summed E-state index contributed by atoms with van der Waals surface area (Å²) in [6, 6.07) is 5.99. The Morgan fingerprint density at radius 1 is 1.45 bits per heavy atom. The van der Waals surface area contributed by atoms with Crippen LogP contribution in [0.25, 0.3) is 11.0 Å². The molecular weight excluding hydrogens is 250 g/mol. The van der Waals surface area contributed by atoms with E-state index in [1.54, 1.807) is 0 Å². The number of anilines is 1. The summed E-state index contributed by atoms with van der Waals surface area (Å²) < 4.78 is 2.36. The van der Waals surface area contributed by atoms with Crippen LogP contribution >= 0.6 is 0 Å². The molecule has 0 saturated heterocycles. The number of aromatic nitrogens is 2. The van der Waals surface area contributed by atoms with E-state index in [4.69, 9.17) is 10.7 Å². The van der Waals surface area contributed by atoms with Gasteiger partial charge in [-0.15, -0.1) is 0 Å². The smallest absolute Gasteiger partial charge is 0.113 e. The van der Waals surface area contributed by atoms with Gasteiger partial charge in [0.15, 0.2) is 0 Å². The molecule has 1 aromatic heterocycles. The van der Waals surface area contributed by atoms with Gasteiger partial charge in [-0.25, -0.2) is 4.98 Å². The van der Waals surface area contributed by atoms with Gasteiger partial charge in [-0.3, -0.25) is 0 Å². The lowest BCUT2D eigenvalue weighted by atomic mass is 10.0. The Morgan fingerprint density at radius 2 is 2.25 bits per heavy atom. The molecule has 20 heavy (non-hydrogen) atoms. The van der Waals surface area contributed by atoms with Gasteiger partial charge in [-0.05, 0) is 43.4 Å². The molecule has 3 rings (SSSR count). The Bertz CT molecular complexity index is 601. The number of fused-ring (bicyclic) bond motifs is 1. The number of hydrogen-bond donors (Lipinski definition) is 2. The molecule has 1 atom stereocenters. The van der Waals surface area contributed by atoms with E-state index in [9.17, 15) is 5.11 Å². The van der Waals surface area contributed by atoms with E-state index in [1.807, 2.05) is 12.1 Å². The van der Waals surface area contributed by atoms with Crippen molar-refractivity contribution in [3.8, 4) is 0 Å². The number of imidazole rings is 1. The van der Waals surface area contributed by atoms with E-state index in [0.29, 0.717) is 11.8 Å². The summed E-state index contributed by atoms with van der Waals surface area (Å²) in [7, 11) is 0. The van der Waals surface area contributed by atoms with E-state index < -0.39 is 0 Å². The highest BCUT2D eigenvalue weighted by Gasteiger charge is 2.30. The maximum atomic E-state index is 9.20. The zero-order valence-corrected chi connectivity index (χ0v) is 12.0. The quantitative estimate of drug-likeness (QED) is 0.795. The fraction of sp³-hybridized carbons (Fsp3) is 0.562. The van der Waals surface area contributed by atoms with Crippen molar-refractivity contribution in [2.24, 2.45) is 5.92 Å². The normalized spacial score (nSPS) is 16.7. The second-order valence-electron chi connectivity index (χ2n) is 5.89. The van der Waals surface area contributed by atoms with Crippen LogP contribution < -0.4 is 5.73 Å². The van der Waals surface area contributed by atoms with Crippen molar-refractivity contribution in [2.45, 2.75) is 45.1 Å². The Labute approximate surface area is 119 Å². The highest BCUT2D eigenvalue weighted by Crippen LogP contribution is 2.41. The molecule has 3 N–H and O–H groups in total. The molecule has 1 saturated carbocycles. The first-order valence-electron chi connectivity index (χ1n) is 7.59. The third kappa shape index (κ3) is 2.52. The molecule has 1 aliphatic carbocycles. The minimum Gasteiger partial charge on any atom is -0.399 e. The van der Waals surface area contributed by atoms with Crippen molar-refractivity contribution in [3.05, 3.63) is 24.0 Å². The third-order valence-electron chi connectivity index (χ3n) is 4.30. The molecule has 1 heterocycles. The van der Waals surface area contributed by atoms with Crippen LogP contribution in [0, 0.1) is 5.92 Å². The Kier molecular flexibility index (Phi) is 3.66. The van der Waals surface area contributed by atoms with Crippen LogP contribution in [0.1, 0.15) is 44.3 Å². The number of rotatable bonds is 6. The van der Waals surface area contributed by atoms with Crippen LogP contribution in [0.5, 0.6) is 0 Å². The van der Waals surface area contributed by atoms with Gasteiger partial charge in [-0.1, -0.05) is 13.3 Å². The second kappa shape index (κ2) is 5.44. The molecular formula is C16H23N3O. The standard InChI is InChI=1S/C16H23N3O/c1-2-11(7-8-20)10-19-15-6-5-13(17)9-14(15)18-16(19)12-3-4-12/h5-6,9,11-12,20H,2-4,7-8,10,17H2,1H3. The molecule has 1 unspecified atom stereocenters. The van der Waals surface area contributed by atoms with E-state index in [-0.39, 0.29) is 6.61 Å². The number of aliphatic hydroxyl groups excluding tert-OH is 1. The molecule has 0 spiro atoms. The monoisotopic (exact) mass is 273 g/mol. The van der Waals surface area contributed by atoms with Crippen LogP contribution in [0.15, 0.2) is 18.2 Å². The Morgan fingerprint density at radius 3 is 2.90 bits per heavy atom. The first-order chi connectivity index (χ1) is 9.72. The van der Waals surface area contributed by atoms with E-state index in [0.717, 1.165) is 30.6 Å². The first kappa shape index (κ1) is 13.4. The van der Waals surface area contributed by atoms with Crippen LogP contribution in [-0.2, 0) is 6.54 Å². The summed E-state index contributed by atoms with van der Waals surface area (Å²) in [5, 5.41) is 9.20. The van der Waals surface area contributed by atoms with Crippen LogP contribution in [-0.4, -0.2) is 21.3 Å². The number of benzene rings is 1. The van der Waals surface area contributed by atoms with Gasteiger partial charge in [0.05, 0.1) is 11.0 Å². The highest BCUT2D eigenvalue weighted by atomic mass is 16.3. The summed E-state index contributed by atoms with van der Waals surface area (Å²) in [6.45, 7) is 3.40. The molecule has 0 radical (unpaired) electrons. The molecule has 1 fully saturated rings. The summed E-state index contributed by atoms with van der Waals surface area (Å²) in [5.74, 6) is 2.34. The van der Waals surface area contributed by atoms with Gasteiger partial charge in [0.25, 0.3) is 0 Å². The molecule has 1 aromatic carbocycles. The average Bonchev–Trinajstić information content (AvgIpc) is 3.22. The SMILES string of the molecule is CCC(CCO)Cn1c(C2CC2)nc2cc(N)ccc21. The summed E-state index contributed by atoms with van der Waals surface area (Å²) in [4.78, 5) is 4.80. The van der Waals surface area contributed by atoms with Gasteiger partial charge in [0.1, 0.15) is 5.82 Å². The van der Waals surface area contributed by atoms with Crippen LogP contribution in [0.2, 0.25) is 0 Å². The minimum absolute atomic E-state index is 0.261. The van der Waals surface area contributed by atoms with Crippen molar-refractivity contribution in [3.63, 3.8) is 0 Å². The first-order valence-corrected chi connectivity index (χ1v) is 7.59. The summed E-state index contributed by atoms with van der Waals surface area (Å²) >= 11 is 0. The lowest BCUT2D eigenvalue weighted by Gasteiger charge is -2.17. The number of hydrogen-bond acceptors (Lipinski definition) is 3. The third-order valence-corrected chi connectivity index (χ3v) is 4.30. The van der Waals surface area contributed by atoms with Crippen molar-refractivity contribution < 1.29 is 5.11 Å². The zero-order chi connectivity index (χ0) is 14.1. The predicted octanol–water partition coefficient (Wildman–Crippen LogP) is 2.90. The van der Waals surface area contributed by atoms with E-state index in [2.05, 4.69) is 17.6 Å². The van der Waals surface area contributed by atoms with E-state index >= 15 is 0 Å². The molecule has 2 aromatic rings. The zero-order valence-electron chi connectivity index (χ0n) is 12.0. The van der Waals surface area contributed by atoms with Gasteiger partial charge in [-0.2, -0.15) is 0 Å². The van der Waals surface area contributed by atoms with Crippen molar-refractivity contribution in [1.82, 2.24) is 9.55 Å². The lowest BCUT2D eigenvalue weighted by Crippen LogP contribution is -2.13. The molecule has 0 bridgehead atoms. The molecule has 4 heteroatoms. The number of aliphatic hydroxyl groups is 1. The van der Waals surface area contributed by atoms with Crippen molar-refractivity contribution in [2.75, 3.05) is 12.3 Å². The highest BCUT2D eigenvalue weighted by molar-refractivity contribution is 5.79. The summed E-state index contributed by atoms with van der Waals surface area (Å²) in [6.07, 6.45) is 4.43. The van der Waals surface area contributed by atoms with Crippen LogP contribution in [0.3, 0.4) is 0 Å². The Hall–Kier alpha value is -1.55. The molecule has 108 valence electrons. The second-order valence-corrected chi connectivity index (χ2v) is 5.89. The van der Waals surface area contributed by atoms with Gasteiger partial charge in [0.2, 0.25) is 0 Å². The van der Waals surface area contributed by atoms with Crippen molar-refractivity contribution >= 4 is 16.7 Å². The van der Waals surface area contributed by atoms with Crippen LogP contribution in [0.4, 0.5) is 5.69 Å². The predicted molar refractivity (Wildman–Crippen MR) is 81.6 cm³/mol. The average molecular weight is 273 g/mol. The molecule has 1 aliphatic rings. The minimum atomic E-state index is 0.261. The molecule has 0 amide bonds. The fourth-order valence-electron chi connectivity index (χ4n) is 2.88. The molecule has 0 aliphatic heterocycles. The van der Waals surface area contributed by atoms with Gasteiger partial charge >= 0.3 is 0 Å². The Balaban J connectivity index is 2.00. The molecule has 4 nitrogen and oxygen atoms in total.